The summed E-state index contributed by atoms with van der Waals surface area (Å²) in [5.41, 5.74) is 9.31. The van der Waals surface area contributed by atoms with E-state index in [-0.39, 0.29) is 0 Å². The molecule has 0 spiro atoms. The monoisotopic (exact) mass is 535 g/mol. The molecule has 194 valence electrons. The van der Waals surface area contributed by atoms with Gasteiger partial charge in [0.25, 0.3) is 0 Å². The maximum Gasteiger partial charge on any atom is 0.189 e. The fourth-order valence-corrected chi connectivity index (χ4v) is 6.14. The van der Waals surface area contributed by atoms with Gasteiger partial charge in [-0.05, 0) is 71.3 Å². The number of hydrogen-bond donors (Lipinski definition) is 0. The van der Waals surface area contributed by atoms with Crippen LogP contribution in [0.25, 0.3) is 76.5 Å². The van der Waals surface area contributed by atoms with Crippen molar-refractivity contribution < 1.29 is 4.42 Å². The topological polar surface area (TPSA) is 46.2 Å². The van der Waals surface area contributed by atoms with Crippen LogP contribution in [0.4, 0.5) is 5.69 Å². The number of benzene rings is 6. The molecule has 0 amide bonds. The molecule has 0 N–H and O–H groups in total. The molecule has 8 rings (SSSR count). The first-order valence-electron chi connectivity index (χ1n) is 13.7. The van der Waals surface area contributed by atoms with E-state index in [4.69, 9.17) is 11.0 Å². The van der Waals surface area contributed by atoms with Crippen molar-refractivity contribution in [3.63, 3.8) is 0 Å². The Morgan fingerprint density at radius 1 is 0.619 bits per heavy atom. The smallest absolute Gasteiger partial charge is 0.189 e. The van der Waals surface area contributed by atoms with E-state index in [1.165, 1.54) is 0 Å². The molecule has 42 heavy (non-hydrogen) atoms. The summed E-state index contributed by atoms with van der Waals surface area (Å²) in [6, 6.07) is 45.0. The van der Waals surface area contributed by atoms with E-state index in [2.05, 4.69) is 76.1 Å². The Morgan fingerprint density at radius 2 is 1.26 bits per heavy atom. The molecule has 0 unspecified atom stereocenters. The quantitative estimate of drug-likeness (QED) is 0.211. The predicted octanol–water partition coefficient (Wildman–Crippen LogP) is 10.4. The molecular weight excluding hydrogens is 514 g/mol. The summed E-state index contributed by atoms with van der Waals surface area (Å²) >= 11 is 0. The van der Waals surface area contributed by atoms with Crippen molar-refractivity contribution in [1.29, 1.82) is 5.26 Å². The standard InChI is InChI=1S/C38H21N3O/c1-40-28-20-26(21-29(22-28)41-35-14-5-2-9-31(35)32-10-3-6-15-36(32)41)25-17-24(23-39)18-27(19-25)30-12-8-13-34-33-11-4-7-16-37(33)42-38(30)34/h2-22H. The van der Waals surface area contributed by atoms with Crippen molar-refractivity contribution in [1.82, 2.24) is 4.57 Å². The summed E-state index contributed by atoms with van der Waals surface area (Å²) in [4.78, 5) is 3.83. The fourth-order valence-electron chi connectivity index (χ4n) is 6.14. The zero-order chi connectivity index (χ0) is 28.2. The van der Waals surface area contributed by atoms with E-state index in [0.717, 1.165) is 71.7 Å². The zero-order valence-electron chi connectivity index (χ0n) is 22.4. The van der Waals surface area contributed by atoms with E-state index in [1.54, 1.807) is 0 Å². The van der Waals surface area contributed by atoms with Gasteiger partial charge in [-0.25, -0.2) is 4.85 Å². The number of rotatable bonds is 3. The van der Waals surface area contributed by atoms with Crippen LogP contribution < -0.4 is 0 Å². The second-order valence-electron chi connectivity index (χ2n) is 10.4. The van der Waals surface area contributed by atoms with Crippen molar-refractivity contribution in [3.05, 3.63) is 144 Å². The highest BCUT2D eigenvalue weighted by atomic mass is 16.3. The van der Waals surface area contributed by atoms with E-state index in [0.29, 0.717) is 11.3 Å². The van der Waals surface area contributed by atoms with E-state index in [9.17, 15) is 5.26 Å². The number of nitriles is 1. The molecule has 0 bridgehead atoms. The SMILES string of the molecule is [C-]#[N+]c1cc(-c2cc(C#N)cc(-c3cccc4c3oc3ccccc34)c2)cc(-n2c3ccccc3c3ccccc32)c1. The maximum atomic E-state index is 10.0. The molecule has 0 radical (unpaired) electrons. The van der Waals surface area contributed by atoms with Crippen LogP contribution in [-0.4, -0.2) is 4.57 Å². The number of furan rings is 1. The highest BCUT2D eigenvalue weighted by Crippen LogP contribution is 2.39. The lowest BCUT2D eigenvalue weighted by molar-refractivity contribution is 0.670. The van der Waals surface area contributed by atoms with E-state index < -0.39 is 0 Å². The van der Waals surface area contributed by atoms with Crippen molar-refractivity contribution in [2.75, 3.05) is 0 Å². The Morgan fingerprint density at radius 3 is 2.00 bits per heavy atom. The van der Waals surface area contributed by atoms with Crippen LogP contribution in [0.3, 0.4) is 0 Å². The molecule has 0 saturated heterocycles. The normalized spacial score (nSPS) is 11.3. The third kappa shape index (κ3) is 3.60. The Balaban J connectivity index is 1.36. The summed E-state index contributed by atoms with van der Waals surface area (Å²) in [5, 5.41) is 14.4. The van der Waals surface area contributed by atoms with Crippen molar-refractivity contribution in [2.45, 2.75) is 0 Å². The average molecular weight is 536 g/mol. The van der Waals surface area contributed by atoms with E-state index in [1.807, 2.05) is 66.7 Å². The largest absolute Gasteiger partial charge is 0.455 e. The van der Waals surface area contributed by atoms with Gasteiger partial charge in [0, 0.05) is 32.8 Å². The van der Waals surface area contributed by atoms with Crippen LogP contribution in [0.15, 0.2) is 132 Å². The first-order valence-corrected chi connectivity index (χ1v) is 13.7. The number of nitrogens with zero attached hydrogens (tertiary/aromatic N) is 3. The first-order chi connectivity index (χ1) is 20.7. The van der Waals surface area contributed by atoms with Crippen LogP contribution in [0.2, 0.25) is 0 Å². The third-order valence-corrected chi connectivity index (χ3v) is 7.98. The number of fused-ring (bicyclic) bond motifs is 6. The van der Waals surface area contributed by atoms with Crippen molar-refractivity contribution >= 4 is 49.4 Å². The Hall–Kier alpha value is -6.10. The molecule has 6 aromatic carbocycles. The van der Waals surface area contributed by atoms with Gasteiger partial charge in [-0.15, -0.1) is 0 Å². The molecule has 0 aliphatic rings. The van der Waals surface area contributed by atoms with Crippen molar-refractivity contribution in [3.8, 4) is 34.0 Å². The Bertz CT molecular complexity index is 2390. The van der Waals surface area contributed by atoms with Gasteiger partial charge in [0.2, 0.25) is 0 Å². The summed E-state index contributed by atoms with van der Waals surface area (Å²) in [5.74, 6) is 0. The van der Waals surface area contributed by atoms with Gasteiger partial charge in [-0.3, -0.25) is 0 Å². The first kappa shape index (κ1) is 23.8. The molecule has 0 fully saturated rings. The minimum atomic E-state index is 0.535. The van der Waals surface area contributed by atoms with Gasteiger partial charge in [0.15, 0.2) is 5.69 Å². The summed E-state index contributed by atoms with van der Waals surface area (Å²) in [7, 11) is 0. The Kier molecular flexibility index (Phi) is 5.22. The maximum absolute atomic E-state index is 10.0. The molecule has 8 aromatic rings. The van der Waals surface area contributed by atoms with Gasteiger partial charge < -0.3 is 8.98 Å². The molecule has 4 nitrogen and oxygen atoms in total. The highest BCUT2D eigenvalue weighted by Gasteiger charge is 2.16. The van der Waals surface area contributed by atoms with Gasteiger partial charge in [0.1, 0.15) is 11.2 Å². The minimum absolute atomic E-state index is 0.535. The van der Waals surface area contributed by atoms with Gasteiger partial charge in [0.05, 0.1) is 29.2 Å². The number of hydrogen-bond acceptors (Lipinski definition) is 2. The molecule has 0 aliphatic heterocycles. The number of para-hydroxylation sites is 4. The zero-order valence-corrected chi connectivity index (χ0v) is 22.4. The third-order valence-electron chi connectivity index (χ3n) is 7.98. The number of aromatic nitrogens is 1. The van der Waals surface area contributed by atoms with Crippen LogP contribution >= 0.6 is 0 Å². The summed E-state index contributed by atoms with van der Waals surface area (Å²) in [6.07, 6.45) is 0. The molecule has 0 saturated carbocycles. The van der Waals surface area contributed by atoms with Crippen LogP contribution in [0.1, 0.15) is 5.56 Å². The minimum Gasteiger partial charge on any atom is -0.455 e. The lowest BCUT2D eigenvalue weighted by atomic mass is 9.95. The summed E-state index contributed by atoms with van der Waals surface area (Å²) in [6.45, 7) is 7.90. The van der Waals surface area contributed by atoms with Gasteiger partial charge in [-0.1, -0.05) is 72.8 Å². The second kappa shape index (κ2) is 9.24. The second-order valence-corrected chi connectivity index (χ2v) is 10.4. The lowest BCUT2D eigenvalue weighted by Crippen LogP contribution is -1.95. The average Bonchev–Trinajstić information content (AvgIpc) is 3.60. The molecule has 0 aliphatic carbocycles. The molecular formula is C38H21N3O. The van der Waals surface area contributed by atoms with Gasteiger partial charge >= 0.3 is 0 Å². The highest BCUT2D eigenvalue weighted by molar-refractivity contribution is 6.10. The van der Waals surface area contributed by atoms with Crippen LogP contribution in [-0.2, 0) is 0 Å². The van der Waals surface area contributed by atoms with Crippen LogP contribution in [0, 0.1) is 17.9 Å². The molecule has 0 atom stereocenters. The van der Waals surface area contributed by atoms with E-state index >= 15 is 0 Å². The van der Waals surface area contributed by atoms with Crippen LogP contribution in [0.5, 0.6) is 0 Å². The van der Waals surface area contributed by atoms with Gasteiger partial charge in [-0.2, -0.15) is 5.26 Å². The van der Waals surface area contributed by atoms with Crippen molar-refractivity contribution in [2.24, 2.45) is 0 Å². The molecule has 2 aromatic heterocycles. The lowest BCUT2D eigenvalue weighted by Gasteiger charge is -2.13. The fraction of sp³-hybridized carbons (Fsp3) is 0. The summed E-state index contributed by atoms with van der Waals surface area (Å²) < 4.78 is 8.53. The predicted molar refractivity (Wildman–Crippen MR) is 170 cm³/mol. The Labute approximate surface area is 241 Å². The molecule has 4 heteroatoms. The molecule has 2 heterocycles.